The average Bonchev–Trinajstić information content (AvgIpc) is 1.69. The van der Waals surface area contributed by atoms with Crippen molar-refractivity contribution in [3.63, 3.8) is 0 Å². The summed E-state index contributed by atoms with van der Waals surface area (Å²) in [6, 6.07) is 0. The summed E-state index contributed by atoms with van der Waals surface area (Å²) in [5, 5.41) is 1.23. The Morgan fingerprint density at radius 1 is 1.88 bits per heavy atom. The fraction of sp³-hybridized carbons (Fsp3) is 1.00. The number of rotatable bonds is 3. The molecular weight excluding hydrogens is 268 g/mol. The molecular formula is C4H12IP3. The van der Waals surface area contributed by atoms with Crippen molar-refractivity contribution in [1.82, 2.24) is 0 Å². The van der Waals surface area contributed by atoms with E-state index in [1.165, 1.54) is 6.42 Å². The van der Waals surface area contributed by atoms with Crippen molar-refractivity contribution in [3.05, 3.63) is 0 Å². The summed E-state index contributed by atoms with van der Waals surface area (Å²) >= 11 is 2.54. The molecule has 0 amide bonds. The standard InChI is InChI=1S/C4H12IP3/c1-3-4(7-2)8(5)6/h4,7H,3,6H2,1-2H3/t4-,8?/m0/s1. The van der Waals surface area contributed by atoms with Crippen LogP contribution in [0.4, 0.5) is 0 Å². The Balaban J connectivity index is 3.35. The Hall–Kier alpha value is 2.02. The highest BCUT2D eigenvalue weighted by molar-refractivity contribution is 14.2. The second kappa shape index (κ2) is 5.78. The number of hydrogen-bond donors (Lipinski definition) is 0. The summed E-state index contributed by atoms with van der Waals surface area (Å²) in [6.07, 6.45) is 1.35. The van der Waals surface area contributed by atoms with Crippen LogP contribution in [-0.4, -0.2) is 12.1 Å². The van der Waals surface area contributed by atoms with E-state index in [0.29, 0.717) is 0 Å². The lowest BCUT2D eigenvalue weighted by Crippen LogP contribution is -1.85. The van der Waals surface area contributed by atoms with Gasteiger partial charge >= 0.3 is 0 Å². The van der Waals surface area contributed by atoms with Gasteiger partial charge in [0.2, 0.25) is 0 Å². The first kappa shape index (κ1) is 10.0. The Bertz CT molecular complexity index is 53.2. The fourth-order valence-electron chi connectivity index (χ4n) is 0.502. The van der Waals surface area contributed by atoms with Gasteiger partial charge in [-0.15, -0.1) is 17.5 Å². The zero-order chi connectivity index (χ0) is 6.57. The Kier molecular flexibility index (Phi) is 7.24. The molecule has 0 nitrogen and oxygen atoms in total. The summed E-state index contributed by atoms with van der Waals surface area (Å²) in [5.41, 5.74) is 0. The van der Waals surface area contributed by atoms with Crippen molar-refractivity contribution in [2.45, 2.75) is 18.7 Å². The second-order valence-electron chi connectivity index (χ2n) is 1.56. The van der Waals surface area contributed by atoms with Gasteiger partial charge in [0.1, 0.15) is 0 Å². The van der Waals surface area contributed by atoms with E-state index in [0.717, 1.165) is 14.0 Å². The van der Waals surface area contributed by atoms with Crippen LogP contribution in [0.3, 0.4) is 0 Å². The fourth-order valence-corrected chi connectivity index (χ4v) is 7.91. The maximum Gasteiger partial charge on any atom is 0.00850 e. The lowest BCUT2D eigenvalue weighted by Gasteiger charge is -2.13. The predicted octanol–water partition coefficient (Wildman–Crippen LogP) is 3.65. The van der Waals surface area contributed by atoms with Crippen LogP contribution in [-0.2, 0) is 0 Å². The van der Waals surface area contributed by atoms with E-state index in [9.17, 15) is 0 Å². The Labute approximate surface area is 70.1 Å². The Morgan fingerprint density at radius 2 is 2.38 bits per heavy atom. The molecule has 0 spiro atoms. The van der Waals surface area contributed by atoms with Gasteiger partial charge < -0.3 is 0 Å². The summed E-state index contributed by atoms with van der Waals surface area (Å²) in [7, 11) is 4.05. The summed E-state index contributed by atoms with van der Waals surface area (Å²) in [6.45, 7) is 4.57. The molecule has 4 atom stereocenters. The molecule has 0 fully saturated rings. The third-order valence-corrected chi connectivity index (χ3v) is 10.2. The molecule has 0 aliphatic heterocycles. The first-order valence-electron chi connectivity index (χ1n) is 2.59. The van der Waals surface area contributed by atoms with Crippen molar-refractivity contribution in [2.75, 3.05) is 6.66 Å². The van der Waals surface area contributed by atoms with E-state index >= 15 is 0 Å². The van der Waals surface area contributed by atoms with E-state index in [1.807, 2.05) is 0 Å². The lowest BCUT2D eigenvalue weighted by molar-refractivity contribution is 1.05. The van der Waals surface area contributed by atoms with Crippen LogP contribution in [0.25, 0.3) is 0 Å². The van der Waals surface area contributed by atoms with Crippen LogP contribution in [0.1, 0.15) is 13.3 Å². The SMILES string of the molecule is CC[C@@H](PC)P(P)I. The van der Waals surface area contributed by atoms with Crippen molar-refractivity contribution in [1.29, 1.82) is 0 Å². The number of hydrogen-bond acceptors (Lipinski definition) is 0. The van der Waals surface area contributed by atoms with Gasteiger partial charge in [-0.05, 0) is 40.4 Å². The van der Waals surface area contributed by atoms with Crippen LogP contribution in [0.2, 0.25) is 0 Å². The van der Waals surface area contributed by atoms with E-state index < -0.39 is 0 Å². The molecule has 0 saturated carbocycles. The molecule has 3 unspecified atom stereocenters. The third-order valence-electron chi connectivity index (χ3n) is 1.02. The molecule has 4 heteroatoms. The van der Waals surface area contributed by atoms with Gasteiger partial charge in [0, 0.05) is 5.40 Å². The highest BCUT2D eigenvalue weighted by Gasteiger charge is 2.07. The topological polar surface area (TPSA) is 0 Å². The lowest BCUT2D eigenvalue weighted by atomic mass is 10.6. The second-order valence-corrected chi connectivity index (χ2v) is 12.8. The molecule has 0 aromatic rings. The van der Waals surface area contributed by atoms with Crippen molar-refractivity contribution in [3.8, 4) is 0 Å². The molecule has 0 aliphatic carbocycles. The van der Waals surface area contributed by atoms with Gasteiger partial charge in [0.15, 0.2) is 0 Å². The molecule has 0 heterocycles. The molecule has 0 aliphatic rings. The zero-order valence-corrected chi connectivity index (χ0v) is 10.4. The van der Waals surface area contributed by atoms with Crippen LogP contribution in [0.5, 0.6) is 0 Å². The highest BCUT2D eigenvalue weighted by atomic mass is 127. The molecule has 0 N–H and O–H groups in total. The first-order chi connectivity index (χ1) is 3.72. The molecule has 0 saturated heterocycles. The van der Waals surface area contributed by atoms with Gasteiger partial charge in [-0.25, -0.2) is 0 Å². The molecule has 0 rings (SSSR count). The van der Waals surface area contributed by atoms with E-state index in [2.05, 4.69) is 44.6 Å². The largest absolute Gasteiger partial charge is 0.117 e. The summed E-state index contributed by atoms with van der Waals surface area (Å²) in [5.74, 6) is 0. The molecule has 50 valence electrons. The highest BCUT2D eigenvalue weighted by Crippen LogP contribution is 2.62. The van der Waals surface area contributed by atoms with E-state index in [-0.39, 0.29) is 5.25 Å². The van der Waals surface area contributed by atoms with Crippen LogP contribution >= 0.6 is 44.8 Å². The molecule has 0 aromatic carbocycles. The van der Waals surface area contributed by atoms with Crippen LogP contribution in [0.15, 0.2) is 0 Å². The molecule has 0 aromatic heterocycles. The van der Waals surface area contributed by atoms with Crippen molar-refractivity contribution in [2.24, 2.45) is 0 Å². The number of halogens is 1. The monoisotopic (exact) mass is 280 g/mol. The molecule has 0 bridgehead atoms. The van der Waals surface area contributed by atoms with Crippen molar-refractivity contribution < 1.29 is 0 Å². The van der Waals surface area contributed by atoms with Gasteiger partial charge in [0.05, 0.1) is 0 Å². The summed E-state index contributed by atoms with van der Waals surface area (Å²) < 4.78 is 0. The molecule has 8 heavy (non-hydrogen) atoms. The Morgan fingerprint density at radius 3 is 2.38 bits per heavy atom. The maximum atomic E-state index is 2.92. The van der Waals surface area contributed by atoms with Gasteiger partial charge in [-0.1, -0.05) is 6.92 Å². The minimum absolute atomic E-state index is 0.235. The van der Waals surface area contributed by atoms with Gasteiger partial charge in [-0.3, -0.25) is 0 Å². The summed E-state index contributed by atoms with van der Waals surface area (Å²) in [4.78, 5) is 0. The minimum Gasteiger partial charge on any atom is -0.117 e. The third kappa shape index (κ3) is 3.94. The minimum atomic E-state index is 0.235. The predicted molar refractivity (Wildman–Crippen MR) is 59.0 cm³/mol. The zero-order valence-electron chi connectivity index (χ0n) is 5.19. The normalized spacial score (nSPS) is 19.5. The first-order valence-corrected chi connectivity index (χ1v) is 9.98. The van der Waals surface area contributed by atoms with Gasteiger partial charge in [-0.2, -0.15) is 0 Å². The van der Waals surface area contributed by atoms with Crippen LogP contribution in [0, 0.1) is 0 Å². The van der Waals surface area contributed by atoms with E-state index in [4.69, 9.17) is 0 Å². The maximum absolute atomic E-state index is 2.92. The smallest absolute Gasteiger partial charge is 0.00850 e. The quantitative estimate of drug-likeness (QED) is 0.546. The van der Waals surface area contributed by atoms with Crippen molar-refractivity contribution >= 4 is 44.8 Å². The molecule has 0 radical (unpaired) electrons. The van der Waals surface area contributed by atoms with Gasteiger partial charge in [0.25, 0.3) is 0 Å². The average molecular weight is 280 g/mol. The van der Waals surface area contributed by atoms with Crippen LogP contribution < -0.4 is 0 Å². The van der Waals surface area contributed by atoms with E-state index in [1.54, 1.807) is 0 Å².